The fourth-order valence-corrected chi connectivity index (χ4v) is 0.855. The van der Waals surface area contributed by atoms with Gasteiger partial charge in [-0.05, 0) is 6.92 Å². The van der Waals surface area contributed by atoms with Crippen LogP contribution < -0.4 is 0 Å². The quantitative estimate of drug-likeness (QED) is 0.610. The third-order valence-electron chi connectivity index (χ3n) is 1.93. The minimum absolute atomic E-state index is 0.112. The molecule has 0 bridgehead atoms. The molecule has 0 aromatic carbocycles. The molecule has 0 amide bonds. The monoisotopic (exact) mass is 204 g/mol. The lowest BCUT2D eigenvalue weighted by molar-refractivity contribution is -0.159. The zero-order chi connectivity index (χ0) is 11.2. The largest absolute Gasteiger partial charge is 0.462 e. The summed E-state index contributed by atoms with van der Waals surface area (Å²) in [6.07, 6.45) is 0. The molecular weight excluding hydrogens is 184 g/mol. The van der Waals surface area contributed by atoms with Gasteiger partial charge in [-0.25, -0.2) is 0 Å². The van der Waals surface area contributed by atoms with Crippen molar-refractivity contribution >= 4 is 5.97 Å². The van der Waals surface area contributed by atoms with Gasteiger partial charge in [-0.15, -0.1) is 0 Å². The molecule has 84 valence electrons. The van der Waals surface area contributed by atoms with Crippen LogP contribution in [0.25, 0.3) is 0 Å². The zero-order valence-electron chi connectivity index (χ0n) is 9.62. The highest BCUT2D eigenvalue weighted by molar-refractivity contribution is 5.71. The number of methoxy groups -OCH3 is 2. The molecule has 0 aromatic heterocycles. The van der Waals surface area contributed by atoms with Crippen LogP contribution in [-0.4, -0.2) is 39.0 Å². The molecule has 0 aliphatic carbocycles. The average Bonchev–Trinajstić information content (AvgIpc) is 2.14. The van der Waals surface area contributed by atoms with Crippen molar-refractivity contribution in [3.05, 3.63) is 0 Å². The Morgan fingerprint density at radius 3 is 2.21 bits per heavy atom. The number of ether oxygens (including phenoxy) is 3. The van der Waals surface area contributed by atoms with E-state index in [0.717, 1.165) is 0 Å². The molecule has 1 unspecified atom stereocenters. The van der Waals surface area contributed by atoms with Crippen LogP contribution in [0, 0.1) is 5.92 Å². The van der Waals surface area contributed by atoms with Gasteiger partial charge >= 0.3 is 5.97 Å². The Balaban J connectivity index is 4.00. The molecule has 0 radical (unpaired) electrons. The minimum atomic E-state index is -0.556. The van der Waals surface area contributed by atoms with E-state index in [1.165, 1.54) is 0 Å². The maximum absolute atomic E-state index is 11.2. The molecule has 0 aliphatic rings. The molecule has 0 heterocycles. The predicted octanol–water partition coefficient (Wildman–Crippen LogP) is 1.24. The molecule has 0 saturated heterocycles. The van der Waals surface area contributed by atoms with Crippen LogP contribution >= 0.6 is 0 Å². The van der Waals surface area contributed by atoms with E-state index in [0.29, 0.717) is 6.61 Å². The summed E-state index contributed by atoms with van der Waals surface area (Å²) in [6, 6.07) is 0. The van der Waals surface area contributed by atoms with Gasteiger partial charge in [-0.2, -0.15) is 0 Å². The number of hydrogen-bond donors (Lipinski definition) is 0. The maximum atomic E-state index is 11.2. The van der Waals surface area contributed by atoms with E-state index in [1.54, 1.807) is 28.1 Å². The lowest BCUT2D eigenvalue weighted by Gasteiger charge is -2.26. The maximum Gasteiger partial charge on any atom is 0.308 e. The van der Waals surface area contributed by atoms with E-state index in [4.69, 9.17) is 14.2 Å². The van der Waals surface area contributed by atoms with Crippen LogP contribution in [0.5, 0.6) is 0 Å². The van der Waals surface area contributed by atoms with Crippen molar-refractivity contribution in [1.82, 2.24) is 0 Å². The third kappa shape index (κ3) is 4.58. The fourth-order valence-electron chi connectivity index (χ4n) is 0.855. The number of rotatable bonds is 6. The number of hydrogen-bond acceptors (Lipinski definition) is 4. The second kappa shape index (κ2) is 5.98. The molecular formula is C10H20O4. The Labute approximate surface area is 85.5 Å². The lowest BCUT2D eigenvalue weighted by Crippen LogP contribution is -2.39. The van der Waals surface area contributed by atoms with E-state index in [9.17, 15) is 4.79 Å². The Bertz CT molecular complexity index is 179. The van der Waals surface area contributed by atoms with Gasteiger partial charge in [-0.3, -0.25) is 4.79 Å². The first-order chi connectivity index (χ1) is 6.45. The van der Waals surface area contributed by atoms with Crippen molar-refractivity contribution in [3.8, 4) is 0 Å². The standard InChI is InChI=1S/C10H20O4/c1-8(2)9(11)14-7-10(3,13-5)6-12-4/h8H,6-7H2,1-5H3. The topological polar surface area (TPSA) is 44.8 Å². The summed E-state index contributed by atoms with van der Waals surface area (Å²) < 4.78 is 15.2. The van der Waals surface area contributed by atoms with Crippen molar-refractivity contribution < 1.29 is 19.0 Å². The SMILES string of the molecule is COCC(C)(COC(=O)C(C)C)OC. The van der Waals surface area contributed by atoms with E-state index in [1.807, 2.05) is 6.92 Å². The van der Waals surface area contributed by atoms with Gasteiger partial charge in [0.25, 0.3) is 0 Å². The van der Waals surface area contributed by atoms with Crippen molar-refractivity contribution in [1.29, 1.82) is 0 Å². The minimum Gasteiger partial charge on any atom is -0.462 e. The van der Waals surface area contributed by atoms with Gasteiger partial charge in [-0.1, -0.05) is 13.8 Å². The summed E-state index contributed by atoms with van der Waals surface area (Å²) in [6.45, 7) is 6.04. The van der Waals surface area contributed by atoms with Crippen molar-refractivity contribution in [2.24, 2.45) is 5.92 Å². The average molecular weight is 204 g/mol. The second-order valence-electron chi connectivity index (χ2n) is 3.85. The third-order valence-corrected chi connectivity index (χ3v) is 1.93. The van der Waals surface area contributed by atoms with Crippen molar-refractivity contribution in [3.63, 3.8) is 0 Å². The molecule has 0 fully saturated rings. The predicted molar refractivity (Wildman–Crippen MR) is 53.1 cm³/mol. The first kappa shape index (κ1) is 13.4. The molecule has 0 spiro atoms. The van der Waals surface area contributed by atoms with Gasteiger partial charge in [0.15, 0.2) is 0 Å². The molecule has 1 atom stereocenters. The molecule has 14 heavy (non-hydrogen) atoms. The van der Waals surface area contributed by atoms with E-state index in [-0.39, 0.29) is 18.5 Å². The van der Waals surface area contributed by atoms with Gasteiger partial charge in [0.2, 0.25) is 0 Å². The molecule has 4 nitrogen and oxygen atoms in total. The Morgan fingerprint density at radius 1 is 1.29 bits per heavy atom. The summed E-state index contributed by atoms with van der Waals surface area (Å²) in [7, 11) is 3.16. The van der Waals surface area contributed by atoms with Gasteiger partial charge in [0.1, 0.15) is 12.2 Å². The second-order valence-corrected chi connectivity index (χ2v) is 3.85. The van der Waals surface area contributed by atoms with Crippen LogP contribution in [0.15, 0.2) is 0 Å². The molecule has 0 aromatic rings. The summed E-state index contributed by atoms with van der Waals surface area (Å²) in [5.41, 5.74) is -0.556. The van der Waals surface area contributed by atoms with Crippen LogP contribution in [0.3, 0.4) is 0 Å². The smallest absolute Gasteiger partial charge is 0.308 e. The highest BCUT2D eigenvalue weighted by Gasteiger charge is 2.26. The highest BCUT2D eigenvalue weighted by atomic mass is 16.6. The van der Waals surface area contributed by atoms with Gasteiger partial charge in [0.05, 0.1) is 12.5 Å². The molecule has 0 saturated carbocycles. The van der Waals surface area contributed by atoms with Crippen molar-refractivity contribution in [2.45, 2.75) is 26.4 Å². The van der Waals surface area contributed by atoms with E-state index >= 15 is 0 Å². The van der Waals surface area contributed by atoms with E-state index < -0.39 is 5.60 Å². The number of carbonyl (C=O) groups excluding carboxylic acids is 1. The molecule has 4 heteroatoms. The summed E-state index contributed by atoms with van der Waals surface area (Å²) in [4.78, 5) is 11.2. The van der Waals surface area contributed by atoms with Crippen LogP contribution in [-0.2, 0) is 19.0 Å². The summed E-state index contributed by atoms with van der Waals surface area (Å²) in [5.74, 6) is -0.331. The highest BCUT2D eigenvalue weighted by Crippen LogP contribution is 2.11. The number of carbonyl (C=O) groups is 1. The van der Waals surface area contributed by atoms with Crippen LogP contribution in [0.4, 0.5) is 0 Å². The Hall–Kier alpha value is -0.610. The first-order valence-electron chi connectivity index (χ1n) is 4.66. The van der Waals surface area contributed by atoms with Crippen LogP contribution in [0.2, 0.25) is 0 Å². The number of esters is 1. The van der Waals surface area contributed by atoms with Gasteiger partial charge < -0.3 is 14.2 Å². The normalized spacial score (nSPS) is 15.3. The zero-order valence-corrected chi connectivity index (χ0v) is 9.62. The molecule has 0 aliphatic heterocycles. The summed E-state index contributed by atoms with van der Waals surface area (Å²) >= 11 is 0. The Kier molecular flexibility index (Phi) is 5.72. The summed E-state index contributed by atoms with van der Waals surface area (Å²) in [5, 5.41) is 0. The lowest BCUT2D eigenvalue weighted by atomic mass is 10.1. The molecule has 0 N–H and O–H groups in total. The van der Waals surface area contributed by atoms with Gasteiger partial charge in [0, 0.05) is 14.2 Å². The molecule has 0 rings (SSSR count). The van der Waals surface area contributed by atoms with Crippen molar-refractivity contribution in [2.75, 3.05) is 27.4 Å². The Morgan fingerprint density at radius 2 is 1.86 bits per heavy atom. The fraction of sp³-hybridized carbons (Fsp3) is 0.900. The van der Waals surface area contributed by atoms with E-state index in [2.05, 4.69) is 0 Å². The van der Waals surface area contributed by atoms with Crippen LogP contribution in [0.1, 0.15) is 20.8 Å². The first-order valence-corrected chi connectivity index (χ1v) is 4.66.